The second-order valence-electron chi connectivity index (χ2n) is 5.33. The maximum atomic E-state index is 12.7. The lowest BCUT2D eigenvalue weighted by Crippen LogP contribution is -2.25. The van der Waals surface area contributed by atoms with E-state index in [1.165, 1.54) is 12.4 Å². The summed E-state index contributed by atoms with van der Waals surface area (Å²) in [7, 11) is -3.82. The summed E-state index contributed by atoms with van der Waals surface area (Å²) in [6.45, 7) is 1.57. The number of hydrogen-bond acceptors (Lipinski definition) is 6. The molecule has 0 saturated carbocycles. The summed E-state index contributed by atoms with van der Waals surface area (Å²) in [5.74, 6) is 0. The van der Waals surface area contributed by atoms with E-state index in [1.807, 2.05) is 12.1 Å². The molecule has 1 aliphatic rings. The molecule has 3 aromatic rings. The van der Waals surface area contributed by atoms with E-state index >= 15 is 0 Å². The minimum atomic E-state index is -3.82. The van der Waals surface area contributed by atoms with Gasteiger partial charge < -0.3 is 9.84 Å². The van der Waals surface area contributed by atoms with Gasteiger partial charge in [-0.25, -0.2) is 4.98 Å². The fraction of sp³-hybridized carbons (Fsp3) is 0.200. The average Bonchev–Trinajstić information content (AvgIpc) is 3.03. The number of aromatic nitrogens is 2. The number of benzene rings is 1. The molecule has 0 radical (unpaired) electrons. The van der Waals surface area contributed by atoms with Crippen molar-refractivity contribution in [1.29, 1.82) is 0 Å². The molecule has 8 heteroatoms. The van der Waals surface area contributed by atoms with Crippen LogP contribution in [0.15, 0.2) is 46.2 Å². The molecule has 1 aliphatic heterocycles. The Hall–Kier alpha value is -2.45. The van der Waals surface area contributed by atoms with Gasteiger partial charge in [0.2, 0.25) is 0 Å². The molecule has 0 atom stereocenters. The first-order valence-corrected chi connectivity index (χ1v) is 8.67. The minimum absolute atomic E-state index is 0.0808. The molecule has 23 heavy (non-hydrogen) atoms. The summed E-state index contributed by atoms with van der Waals surface area (Å²) < 4.78 is 33.1. The lowest BCUT2D eigenvalue weighted by molar-refractivity contribution is 0.456. The van der Waals surface area contributed by atoms with Crippen molar-refractivity contribution in [2.75, 3.05) is 11.3 Å². The first-order chi connectivity index (χ1) is 11.1. The molecule has 0 spiro atoms. The molecule has 4 rings (SSSR count). The molecule has 118 valence electrons. The molecule has 3 heterocycles. The minimum Gasteiger partial charge on any atom is -0.356 e. The molecular formula is C15H14N4O3S. The van der Waals surface area contributed by atoms with Crippen LogP contribution in [-0.4, -0.2) is 25.1 Å². The summed E-state index contributed by atoms with van der Waals surface area (Å²) in [6, 6.07) is 7.20. The van der Waals surface area contributed by atoms with Gasteiger partial charge in [-0.15, -0.1) is 0 Å². The normalized spacial score (nSPS) is 14.6. The van der Waals surface area contributed by atoms with Crippen molar-refractivity contribution < 1.29 is 12.9 Å². The summed E-state index contributed by atoms with van der Waals surface area (Å²) in [5.41, 5.74) is 3.11. The molecule has 0 saturated heterocycles. The lowest BCUT2D eigenvalue weighted by Gasteiger charge is -2.20. The number of hydrogen-bond donors (Lipinski definition) is 2. The predicted octanol–water partition coefficient (Wildman–Crippen LogP) is 1.67. The zero-order valence-corrected chi connectivity index (χ0v) is 12.9. The Bertz CT molecular complexity index is 981. The van der Waals surface area contributed by atoms with Gasteiger partial charge in [0.1, 0.15) is 0 Å². The molecule has 0 fully saturated rings. The Morgan fingerprint density at radius 2 is 2.17 bits per heavy atom. The van der Waals surface area contributed by atoms with E-state index in [0.717, 1.165) is 30.6 Å². The van der Waals surface area contributed by atoms with E-state index in [4.69, 9.17) is 4.52 Å². The van der Waals surface area contributed by atoms with Crippen LogP contribution in [0.3, 0.4) is 0 Å². The molecule has 0 aliphatic carbocycles. The Morgan fingerprint density at radius 1 is 1.26 bits per heavy atom. The summed E-state index contributed by atoms with van der Waals surface area (Å²) in [5, 5.41) is 7.20. The van der Waals surface area contributed by atoms with Crippen LogP contribution in [0.5, 0.6) is 0 Å². The van der Waals surface area contributed by atoms with Gasteiger partial charge in [0.05, 0.1) is 17.3 Å². The van der Waals surface area contributed by atoms with Crippen LogP contribution < -0.4 is 10.0 Å². The number of nitrogens with zero attached hydrogens (tertiary/aromatic N) is 2. The molecule has 0 amide bonds. The topological polar surface area (TPSA) is 97.1 Å². The second kappa shape index (κ2) is 5.32. The maximum absolute atomic E-state index is 12.7. The van der Waals surface area contributed by atoms with Crippen molar-refractivity contribution in [3.63, 3.8) is 0 Å². The van der Waals surface area contributed by atoms with Crippen molar-refractivity contribution in [3.05, 3.63) is 47.8 Å². The van der Waals surface area contributed by atoms with E-state index in [2.05, 4.69) is 20.2 Å². The van der Waals surface area contributed by atoms with Gasteiger partial charge in [0.15, 0.2) is 10.6 Å². The Labute approximate surface area is 132 Å². The third-order valence-corrected chi connectivity index (χ3v) is 5.21. The van der Waals surface area contributed by atoms with E-state index < -0.39 is 10.0 Å². The van der Waals surface area contributed by atoms with Gasteiger partial charge in [-0.3, -0.25) is 4.72 Å². The van der Waals surface area contributed by atoms with Crippen molar-refractivity contribution in [3.8, 4) is 0 Å². The SMILES string of the molecule is O=S(=O)(Nc1cccc2c1CCNC2)c1nccc2oncc12. The van der Waals surface area contributed by atoms with Crippen LogP contribution in [0.4, 0.5) is 5.69 Å². The zero-order chi connectivity index (χ0) is 15.9. The average molecular weight is 330 g/mol. The van der Waals surface area contributed by atoms with E-state index in [1.54, 1.807) is 12.1 Å². The van der Waals surface area contributed by atoms with Gasteiger partial charge in [-0.2, -0.15) is 8.42 Å². The molecule has 2 aromatic heterocycles. The molecule has 1 aromatic carbocycles. The largest absolute Gasteiger partial charge is 0.356 e. The van der Waals surface area contributed by atoms with Crippen molar-refractivity contribution in [1.82, 2.24) is 15.5 Å². The smallest absolute Gasteiger partial charge is 0.280 e. The number of anilines is 1. The number of pyridine rings is 1. The summed E-state index contributed by atoms with van der Waals surface area (Å²) in [4.78, 5) is 4.00. The number of sulfonamides is 1. The Morgan fingerprint density at radius 3 is 3.09 bits per heavy atom. The van der Waals surface area contributed by atoms with E-state index in [0.29, 0.717) is 16.7 Å². The van der Waals surface area contributed by atoms with Gasteiger partial charge in [0, 0.05) is 18.8 Å². The number of nitrogens with one attached hydrogen (secondary N) is 2. The standard InChI is InChI=1S/C15H14N4O3S/c20-23(21,15-12-9-18-22-14(12)5-7-17-15)19-13-3-1-2-10-8-16-6-4-11(10)13/h1-3,5,7,9,16,19H,4,6,8H2. The van der Waals surface area contributed by atoms with Crippen LogP contribution in [0.2, 0.25) is 0 Å². The van der Waals surface area contributed by atoms with Crippen LogP contribution in [0.1, 0.15) is 11.1 Å². The van der Waals surface area contributed by atoms with Crippen LogP contribution >= 0.6 is 0 Å². The monoisotopic (exact) mass is 330 g/mol. The highest BCUT2D eigenvalue weighted by molar-refractivity contribution is 7.92. The van der Waals surface area contributed by atoms with E-state index in [9.17, 15) is 8.42 Å². The fourth-order valence-electron chi connectivity index (χ4n) is 2.81. The lowest BCUT2D eigenvalue weighted by atomic mass is 9.99. The Kier molecular flexibility index (Phi) is 3.28. The molecule has 2 N–H and O–H groups in total. The quantitative estimate of drug-likeness (QED) is 0.758. The van der Waals surface area contributed by atoms with Crippen molar-refractivity contribution in [2.24, 2.45) is 0 Å². The van der Waals surface area contributed by atoms with Gasteiger partial charge >= 0.3 is 0 Å². The van der Waals surface area contributed by atoms with Crippen LogP contribution in [0.25, 0.3) is 11.0 Å². The third kappa shape index (κ3) is 2.45. The fourth-order valence-corrected chi connectivity index (χ4v) is 4.03. The van der Waals surface area contributed by atoms with Crippen molar-refractivity contribution in [2.45, 2.75) is 18.0 Å². The first-order valence-electron chi connectivity index (χ1n) is 7.19. The molecule has 0 unspecified atom stereocenters. The first kappa shape index (κ1) is 14.2. The zero-order valence-electron chi connectivity index (χ0n) is 12.1. The van der Waals surface area contributed by atoms with Crippen LogP contribution in [-0.2, 0) is 23.0 Å². The Balaban J connectivity index is 1.78. The van der Waals surface area contributed by atoms with Gasteiger partial charge in [0.25, 0.3) is 10.0 Å². The van der Waals surface area contributed by atoms with E-state index in [-0.39, 0.29) is 5.03 Å². The van der Waals surface area contributed by atoms with Crippen LogP contribution in [0, 0.1) is 0 Å². The molecule has 0 bridgehead atoms. The van der Waals surface area contributed by atoms with Gasteiger partial charge in [-0.05, 0) is 30.2 Å². The second-order valence-corrected chi connectivity index (χ2v) is 6.93. The van der Waals surface area contributed by atoms with Crippen molar-refractivity contribution >= 4 is 26.7 Å². The summed E-state index contributed by atoms with van der Waals surface area (Å²) in [6.07, 6.45) is 3.53. The highest BCUT2D eigenvalue weighted by Gasteiger charge is 2.23. The number of rotatable bonds is 3. The highest BCUT2D eigenvalue weighted by Crippen LogP contribution is 2.27. The third-order valence-electron chi connectivity index (χ3n) is 3.89. The highest BCUT2D eigenvalue weighted by atomic mass is 32.2. The predicted molar refractivity (Wildman–Crippen MR) is 84.5 cm³/mol. The maximum Gasteiger partial charge on any atom is 0.280 e. The number of fused-ring (bicyclic) bond motifs is 2. The molecular weight excluding hydrogens is 316 g/mol. The van der Waals surface area contributed by atoms with Gasteiger partial charge in [-0.1, -0.05) is 17.3 Å². The summed E-state index contributed by atoms with van der Waals surface area (Å²) >= 11 is 0. The molecule has 7 nitrogen and oxygen atoms in total.